The Kier molecular flexibility index (Phi) is 4.50. The van der Waals surface area contributed by atoms with Crippen LogP contribution in [-0.2, 0) is 4.74 Å². The van der Waals surface area contributed by atoms with Crippen LogP contribution in [-0.4, -0.2) is 52.7 Å². The zero-order valence-corrected chi connectivity index (χ0v) is 12.4. The van der Waals surface area contributed by atoms with E-state index in [1.165, 1.54) is 0 Å². The lowest BCUT2D eigenvalue weighted by Crippen LogP contribution is -2.47. The second-order valence-electron chi connectivity index (χ2n) is 5.78. The Bertz CT molecular complexity index is 477. The molecule has 0 atom stereocenters. The third kappa shape index (κ3) is 3.41. The number of hydrogen-bond donors (Lipinski definition) is 2. The van der Waals surface area contributed by atoms with Gasteiger partial charge < -0.3 is 15.4 Å². The first kappa shape index (κ1) is 14.5. The number of amides is 1. The van der Waals surface area contributed by atoms with Crippen molar-refractivity contribution >= 4 is 5.91 Å². The number of piperidine rings is 1. The van der Waals surface area contributed by atoms with E-state index in [2.05, 4.69) is 20.9 Å². The average Bonchev–Trinajstić information content (AvgIpc) is 2.96. The molecule has 116 valence electrons. The Hall–Kier alpha value is -1.47. The molecule has 2 N–H and O–H groups in total. The van der Waals surface area contributed by atoms with Gasteiger partial charge in [0, 0.05) is 12.6 Å². The molecule has 0 spiro atoms. The number of rotatable bonds is 5. The molecule has 1 aliphatic carbocycles. The van der Waals surface area contributed by atoms with Gasteiger partial charge in [-0.1, -0.05) is 5.21 Å². The normalized spacial score (nSPS) is 26.3. The molecular formula is C14H23N5O2. The summed E-state index contributed by atoms with van der Waals surface area (Å²) >= 11 is 0. The SMILES string of the molecule is CCOC1CC(NC(=O)c2cn(C3CCNCC3)nn2)C1. The maximum atomic E-state index is 12.1. The maximum absolute atomic E-state index is 12.1. The van der Waals surface area contributed by atoms with Gasteiger partial charge in [-0.25, -0.2) is 4.68 Å². The van der Waals surface area contributed by atoms with Crippen LogP contribution in [0.25, 0.3) is 0 Å². The fourth-order valence-electron chi connectivity index (χ4n) is 2.95. The molecule has 0 bridgehead atoms. The molecule has 0 unspecified atom stereocenters. The number of nitrogens with one attached hydrogen (secondary N) is 2. The monoisotopic (exact) mass is 293 g/mol. The van der Waals surface area contributed by atoms with Crippen LogP contribution in [0, 0.1) is 0 Å². The van der Waals surface area contributed by atoms with Crippen LogP contribution in [0.2, 0.25) is 0 Å². The fourth-order valence-corrected chi connectivity index (χ4v) is 2.95. The summed E-state index contributed by atoms with van der Waals surface area (Å²) in [5.74, 6) is -0.130. The van der Waals surface area contributed by atoms with E-state index in [0.29, 0.717) is 17.8 Å². The average molecular weight is 293 g/mol. The van der Waals surface area contributed by atoms with E-state index in [0.717, 1.165) is 45.4 Å². The van der Waals surface area contributed by atoms with E-state index in [9.17, 15) is 4.79 Å². The van der Waals surface area contributed by atoms with E-state index in [4.69, 9.17) is 4.74 Å². The van der Waals surface area contributed by atoms with Crippen molar-refractivity contribution < 1.29 is 9.53 Å². The third-order valence-electron chi connectivity index (χ3n) is 4.26. The van der Waals surface area contributed by atoms with Gasteiger partial charge in [-0.05, 0) is 45.7 Å². The lowest BCUT2D eigenvalue weighted by Gasteiger charge is -2.35. The molecule has 2 aliphatic rings. The smallest absolute Gasteiger partial charge is 0.273 e. The molecule has 21 heavy (non-hydrogen) atoms. The minimum Gasteiger partial charge on any atom is -0.378 e. The summed E-state index contributed by atoms with van der Waals surface area (Å²) in [6, 6.07) is 0.560. The highest BCUT2D eigenvalue weighted by Gasteiger charge is 2.31. The summed E-state index contributed by atoms with van der Waals surface area (Å²) in [7, 11) is 0. The van der Waals surface area contributed by atoms with Gasteiger partial charge in [0.05, 0.1) is 18.3 Å². The molecular weight excluding hydrogens is 270 g/mol. The van der Waals surface area contributed by atoms with Gasteiger partial charge in [0.2, 0.25) is 0 Å². The van der Waals surface area contributed by atoms with Crippen LogP contribution in [0.15, 0.2) is 6.20 Å². The molecule has 2 fully saturated rings. The van der Waals surface area contributed by atoms with Crippen molar-refractivity contribution in [2.45, 2.75) is 50.8 Å². The van der Waals surface area contributed by atoms with Gasteiger partial charge in [0.1, 0.15) is 0 Å². The van der Waals surface area contributed by atoms with E-state index in [-0.39, 0.29) is 11.9 Å². The first-order valence-corrected chi connectivity index (χ1v) is 7.81. The lowest BCUT2D eigenvalue weighted by molar-refractivity contribution is -0.00867. The zero-order valence-electron chi connectivity index (χ0n) is 12.4. The van der Waals surface area contributed by atoms with Crippen molar-refractivity contribution in [2.24, 2.45) is 0 Å². The Morgan fingerprint density at radius 2 is 2.24 bits per heavy atom. The quantitative estimate of drug-likeness (QED) is 0.826. The van der Waals surface area contributed by atoms with E-state index >= 15 is 0 Å². The summed E-state index contributed by atoms with van der Waals surface area (Å²) in [6.07, 6.45) is 5.91. The van der Waals surface area contributed by atoms with Crippen LogP contribution < -0.4 is 10.6 Å². The van der Waals surface area contributed by atoms with Crippen LogP contribution in [0.4, 0.5) is 0 Å². The first-order chi connectivity index (χ1) is 10.3. The minimum absolute atomic E-state index is 0.130. The summed E-state index contributed by atoms with van der Waals surface area (Å²) in [4.78, 5) is 12.1. The molecule has 0 aromatic carbocycles. The van der Waals surface area contributed by atoms with Gasteiger partial charge in [0.15, 0.2) is 5.69 Å². The van der Waals surface area contributed by atoms with Crippen molar-refractivity contribution in [3.05, 3.63) is 11.9 Å². The van der Waals surface area contributed by atoms with Gasteiger partial charge in [-0.2, -0.15) is 0 Å². The molecule has 3 rings (SSSR count). The molecule has 1 aromatic heterocycles. The van der Waals surface area contributed by atoms with Crippen molar-refractivity contribution in [2.75, 3.05) is 19.7 Å². The van der Waals surface area contributed by atoms with Crippen LogP contribution in [0.5, 0.6) is 0 Å². The molecule has 2 heterocycles. The summed E-state index contributed by atoms with van der Waals surface area (Å²) in [5.41, 5.74) is 0.411. The van der Waals surface area contributed by atoms with Crippen molar-refractivity contribution in [1.29, 1.82) is 0 Å². The highest BCUT2D eigenvalue weighted by Crippen LogP contribution is 2.23. The van der Waals surface area contributed by atoms with Crippen molar-refractivity contribution in [3.63, 3.8) is 0 Å². The number of aromatic nitrogens is 3. The van der Waals surface area contributed by atoms with Gasteiger partial charge in [-0.3, -0.25) is 4.79 Å². The van der Waals surface area contributed by atoms with E-state index in [1.807, 2.05) is 11.6 Å². The molecule has 1 aliphatic heterocycles. The number of carbonyl (C=O) groups excluding carboxylic acids is 1. The maximum Gasteiger partial charge on any atom is 0.273 e. The number of ether oxygens (including phenoxy) is 1. The first-order valence-electron chi connectivity index (χ1n) is 7.81. The Morgan fingerprint density at radius 1 is 1.48 bits per heavy atom. The molecule has 1 aromatic rings. The number of hydrogen-bond acceptors (Lipinski definition) is 5. The predicted octanol–water partition coefficient (Wildman–Crippen LogP) is 0.500. The summed E-state index contributed by atoms with van der Waals surface area (Å²) < 4.78 is 7.32. The predicted molar refractivity (Wildman–Crippen MR) is 77.1 cm³/mol. The lowest BCUT2D eigenvalue weighted by atomic mass is 9.89. The molecule has 1 saturated heterocycles. The fraction of sp³-hybridized carbons (Fsp3) is 0.786. The second kappa shape index (κ2) is 6.53. The summed E-state index contributed by atoms with van der Waals surface area (Å²) in [5, 5.41) is 14.4. The summed E-state index contributed by atoms with van der Waals surface area (Å²) in [6.45, 7) is 4.71. The molecule has 7 heteroatoms. The van der Waals surface area contributed by atoms with Crippen LogP contribution in [0.3, 0.4) is 0 Å². The Labute approximate surface area is 124 Å². The minimum atomic E-state index is -0.130. The van der Waals surface area contributed by atoms with Gasteiger partial charge in [0.25, 0.3) is 5.91 Å². The largest absolute Gasteiger partial charge is 0.378 e. The Morgan fingerprint density at radius 3 is 2.95 bits per heavy atom. The third-order valence-corrected chi connectivity index (χ3v) is 4.26. The van der Waals surface area contributed by atoms with E-state index in [1.54, 1.807) is 6.20 Å². The molecule has 1 saturated carbocycles. The topological polar surface area (TPSA) is 81.1 Å². The highest BCUT2D eigenvalue weighted by atomic mass is 16.5. The van der Waals surface area contributed by atoms with Gasteiger partial charge >= 0.3 is 0 Å². The van der Waals surface area contributed by atoms with Crippen molar-refractivity contribution in [3.8, 4) is 0 Å². The molecule has 1 amide bonds. The second-order valence-corrected chi connectivity index (χ2v) is 5.78. The number of carbonyl (C=O) groups is 1. The standard InChI is InChI=1S/C14H23N5O2/c1-2-21-12-7-10(8-12)16-14(20)13-9-19(18-17-13)11-3-5-15-6-4-11/h9-12,15H,2-8H2,1H3,(H,16,20). The Balaban J connectivity index is 1.50. The van der Waals surface area contributed by atoms with Crippen LogP contribution >= 0.6 is 0 Å². The van der Waals surface area contributed by atoms with Crippen LogP contribution in [0.1, 0.15) is 49.1 Å². The number of nitrogens with zero attached hydrogens (tertiary/aromatic N) is 3. The van der Waals surface area contributed by atoms with Gasteiger partial charge in [-0.15, -0.1) is 5.10 Å². The van der Waals surface area contributed by atoms with E-state index < -0.39 is 0 Å². The zero-order chi connectivity index (χ0) is 14.7. The highest BCUT2D eigenvalue weighted by molar-refractivity contribution is 5.92. The van der Waals surface area contributed by atoms with Crippen molar-refractivity contribution in [1.82, 2.24) is 25.6 Å². The molecule has 7 nitrogen and oxygen atoms in total. The molecule has 0 radical (unpaired) electrons.